The molecule has 2 saturated carbocycles. The van der Waals surface area contributed by atoms with Crippen LogP contribution in [0.5, 0.6) is 0 Å². The second-order valence-electron chi connectivity index (χ2n) is 6.67. The first-order valence-electron chi connectivity index (χ1n) is 7.62. The fourth-order valence-electron chi connectivity index (χ4n) is 3.32. The minimum Gasteiger partial charge on any atom is -0.481 e. The molecule has 0 heterocycles. The molecule has 5 heteroatoms. The number of carboxylic acids is 1. The van der Waals surface area contributed by atoms with E-state index in [1.165, 1.54) is 0 Å². The van der Waals surface area contributed by atoms with Gasteiger partial charge in [0.05, 0.1) is 11.5 Å². The van der Waals surface area contributed by atoms with Gasteiger partial charge in [0.15, 0.2) is 0 Å². The number of carbonyl (C=O) groups is 2. The largest absolute Gasteiger partial charge is 0.481 e. The van der Waals surface area contributed by atoms with E-state index in [1.807, 2.05) is 0 Å². The van der Waals surface area contributed by atoms with Crippen LogP contribution in [0.4, 0.5) is 0 Å². The molecule has 2 rings (SSSR count). The number of nitrogens with one attached hydrogen (secondary N) is 1. The molecular weight excluding hydrogens is 258 g/mol. The normalized spacial score (nSPS) is 37.6. The van der Waals surface area contributed by atoms with Gasteiger partial charge in [-0.15, -0.1) is 0 Å². The Kier molecular flexibility index (Phi) is 4.68. The third-order valence-corrected chi connectivity index (χ3v) is 4.95. The summed E-state index contributed by atoms with van der Waals surface area (Å²) < 4.78 is 0. The highest BCUT2D eigenvalue weighted by molar-refractivity contribution is 5.80. The minimum absolute atomic E-state index is 0.0965. The van der Waals surface area contributed by atoms with Gasteiger partial charge in [-0.2, -0.15) is 0 Å². The van der Waals surface area contributed by atoms with Crippen LogP contribution in [0.15, 0.2) is 0 Å². The second-order valence-corrected chi connectivity index (χ2v) is 6.67. The first-order valence-corrected chi connectivity index (χ1v) is 7.62. The molecule has 114 valence electrons. The van der Waals surface area contributed by atoms with E-state index in [-0.39, 0.29) is 17.7 Å². The van der Waals surface area contributed by atoms with Gasteiger partial charge in [-0.1, -0.05) is 6.92 Å². The van der Waals surface area contributed by atoms with Gasteiger partial charge in [-0.05, 0) is 50.9 Å². The molecular formula is C15H25NO4. The first-order chi connectivity index (χ1) is 9.39. The van der Waals surface area contributed by atoms with E-state index in [0.717, 1.165) is 25.7 Å². The summed E-state index contributed by atoms with van der Waals surface area (Å²) in [5, 5.41) is 22.2. The molecule has 0 aliphatic heterocycles. The van der Waals surface area contributed by atoms with E-state index in [9.17, 15) is 14.7 Å². The van der Waals surface area contributed by atoms with Gasteiger partial charge in [-0.25, -0.2) is 0 Å². The highest BCUT2D eigenvalue weighted by Crippen LogP contribution is 2.33. The predicted molar refractivity (Wildman–Crippen MR) is 74.1 cm³/mol. The zero-order valence-electron chi connectivity index (χ0n) is 12.1. The molecule has 20 heavy (non-hydrogen) atoms. The highest BCUT2D eigenvalue weighted by Gasteiger charge is 2.36. The van der Waals surface area contributed by atoms with Crippen molar-refractivity contribution in [3.63, 3.8) is 0 Å². The van der Waals surface area contributed by atoms with Crippen molar-refractivity contribution in [3.05, 3.63) is 0 Å². The van der Waals surface area contributed by atoms with Crippen LogP contribution >= 0.6 is 0 Å². The summed E-state index contributed by atoms with van der Waals surface area (Å²) in [6, 6.07) is 0. The first kappa shape index (κ1) is 15.3. The number of amides is 1. The van der Waals surface area contributed by atoms with Crippen LogP contribution in [0.3, 0.4) is 0 Å². The van der Waals surface area contributed by atoms with Crippen molar-refractivity contribution >= 4 is 11.9 Å². The van der Waals surface area contributed by atoms with Crippen molar-refractivity contribution in [2.75, 3.05) is 6.54 Å². The molecule has 0 spiro atoms. The maximum atomic E-state index is 12.0. The van der Waals surface area contributed by atoms with Crippen molar-refractivity contribution in [1.82, 2.24) is 5.32 Å². The monoisotopic (exact) mass is 283 g/mol. The molecule has 1 amide bonds. The van der Waals surface area contributed by atoms with E-state index < -0.39 is 11.6 Å². The minimum atomic E-state index is -0.805. The molecule has 0 aromatic rings. The van der Waals surface area contributed by atoms with Gasteiger partial charge in [0.1, 0.15) is 0 Å². The average molecular weight is 283 g/mol. The van der Waals surface area contributed by atoms with E-state index in [4.69, 9.17) is 5.11 Å². The Labute approximate surface area is 119 Å². The zero-order valence-corrected chi connectivity index (χ0v) is 12.1. The molecule has 0 aromatic carbocycles. The SMILES string of the molecule is CC1CCC(O)(CNC(=O)[C@@H]2CC[C@H](C(=O)O)C2)CC1. The summed E-state index contributed by atoms with van der Waals surface area (Å²) in [6.45, 7) is 2.48. The summed E-state index contributed by atoms with van der Waals surface area (Å²) >= 11 is 0. The average Bonchev–Trinajstić information content (AvgIpc) is 2.90. The highest BCUT2D eigenvalue weighted by atomic mass is 16.4. The van der Waals surface area contributed by atoms with Crippen LogP contribution < -0.4 is 5.32 Å². The lowest BCUT2D eigenvalue weighted by Crippen LogP contribution is -2.46. The Balaban J connectivity index is 1.77. The Morgan fingerprint density at radius 1 is 1.15 bits per heavy atom. The van der Waals surface area contributed by atoms with Crippen LogP contribution in [-0.2, 0) is 9.59 Å². The lowest BCUT2D eigenvalue weighted by molar-refractivity contribution is -0.141. The van der Waals surface area contributed by atoms with E-state index in [2.05, 4.69) is 12.2 Å². The van der Waals surface area contributed by atoms with Crippen LogP contribution in [-0.4, -0.2) is 34.2 Å². The fourth-order valence-corrected chi connectivity index (χ4v) is 3.32. The van der Waals surface area contributed by atoms with Crippen molar-refractivity contribution in [2.45, 2.75) is 57.5 Å². The van der Waals surface area contributed by atoms with Crippen LogP contribution in [0, 0.1) is 17.8 Å². The summed E-state index contributed by atoms with van der Waals surface area (Å²) in [5.74, 6) is -0.843. The summed E-state index contributed by atoms with van der Waals surface area (Å²) in [6.07, 6.45) is 5.10. The Morgan fingerprint density at radius 2 is 1.75 bits per heavy atom. The van der Waals surface area contributed by atoms with Crippen LogP contribution in [0.2, 0.25) is 0 Å². The number of aliphatic hydroxyl groups is 1. The van der Waals surface area contributed by atoms with E-state index >= 15 is 0 Å². The third kappa shape index (κ3) is 3.72. The molecule has 0 radical (unpaired) electrons. The van der Waals surface area contributed by atoms with Crippen LogP contribution in [0.25, 0.3) is 0 Å². The molecule has 0 bridgehead atoms. The smallest absolute Gasteiger partial charge is 0.306 e. The molecule has 0 aromatic heterocycles. The standard InChI is InChI=1S/C15H25NO4/c1-10-4-6-15(20,7-5-10)9-16-13(17)11-2-3-12(8-11)14(18)19/h10-12,20H,2-9H2,1H3,(H,16,17)(H,18,19)/t10?,11-,12+,15?/m1/s1. The topological polar surface area (TPSA) is 86.6 Å². The molecule has 2 aliphatic rings. The molecule has 0 unspecified atom stereocenters. The van der Waals surface area contributed by atoms with Crippen LogP contribution in [0.1, 0.15) is 51.9 Å². The summed E-state index contributed by atoms with van der Waals surface area (Å²) in [4.78, 5) is 22.9. The quantitative estimate of drug-likeness (QED) is 0.730. The number of rotatable bonds is 4. The maximum absolute atomic E-state index is 12.0. The molecule has 2 atom stereocenters. The number of hydrogen-bond donors (Lipinski definition) is 3. The van der Waals surface area contributed by atoms with Crippen molar-refractivity contribution in [2.24, 2.45) is 17.8 Å². The number of carboxylic acid groups (broad SMARTS) is 1. The molecule has 2 aliphatic carbocycles. The number of aliphatic carboxylic acids is 1. The number of hydrogen-bond acceptors (Lipinski definition) is 3. The van der Waals surface area contributed by atoms with Gasteiger partial charge in [-0.3, -0.25) is 9.59 Å². The van der Waals surface area contributed by atoms with E-state index in [0.29, 0.717) is 31.7 Å². The second kappa shape index (κ2) is 6.12. The predicted octanol–water partition coefficient (Wildman–Crippen LogP) is 1.54. The molecule has 5 nitrogen and oxygen atoms in total. The van der Waals surface area contributed by atoms with E-state index in [1.54, 1.807) is 0 Å². The third-order valence-electron chi connectivity index (χ3n) is 4.95. The molecule has 2 fully saturated rings. The van der Waals surface area contributed by atoms with Gasteiger partial charge in [0.2, 0.25) is 5.91 Å². The van der Waals surface area contributed by atoms with Crippen molar-refractivity contribution in [1.29, 1.82) is 0 Å². The van der Waals surface area contributed by atoms with Gasteiger partial charge >= 0.3 is 5.97 Å². The lowest BCUT2D eigenvalue weighted by Gasteiger charge is -2.35. The summed E-state index contributed by atoms with van der Waals surface area (Å²) in [7, 11) is 0. The fraction of sp³-hybridized carbons (Fsp3) is 0.867. The lowest BCUT2D eigenvalue weighted by atomic mass is 9.79. The zero-order chi connectivity index (χ0) is 14.8. The molecule has 3 N–H and O–H groups in total. The van der Waals surface area contributed by atoms with Gasteiger partial charge < -0.3 is 15.5 Å². The summed E-state index contributed by atoms with van der Waals surface area (Å²) in [5.41, 5.74) is -0.771. The number of carbonyl (C=O) groups excluding carboxylic acids is 1. The van der Waals surface area contributed by atoms with Crippen molar-refractivity contribution in [3.8, 4) is 0 Å². The molecule has 0 saturated heterocycles. The Morgan fingerprint density at radius 3 is 2.30 bits per heavy atom. The maximum Gasteiger partial charge on any atom is 0.306 e. The Hall–Kier alpha value is -1.10. The van der Waals surface area contributed by atoms with Gasteiger partial charge in [0, 0.05) is 12.5 Å². The Bertz CT molecular complexity index is 374. The van der Waals surface area contributed by atoms with Crippen molar-refractivity contribution < 1.29 is 19.8 Å². The van der Waals surface area contributed by atoms with Gasteiger partial charge in [0.25, 0.3) is 0 Å².